The summed E-state index contributed by atoms with van der Waals surface area (Å²) >= 11 is 0. The standard InChI is InChI=1S/C16H26N2O5S/c1-6-12(2)17-16(19)9-10-18(24(5,20)21)14-11-13(22-3)7-8-15(14)23-4/h7-8,11-12H,6,9-10H2,1-5H3,(H,17,19). The number of carbonyl (C=O) groups excluding carboxylic acids is 1. The molecule has 0 heterocycles. The highest BCUT2D eigenvalue weighted by Gasteiger charge is 2.23. The van der Waals surface area contributed by atoms with E-state index in [0.717, 1.165) is 17.0 Å². The number of nitrogens with one attached hydrogen (secondary N) is 1. The number of sulfonamides is 1. The van der Waals surface area contributed by atoms with Gasteiger partial charge in [0.1, 0.15) is 11.5 Å². The first-order valence-electron chi connectivity index (χ1n) is 7.72. The van der Waals surface area contributed by atoms with E-state index in [2.05, 4.69) is 5.32 Å². The van der Waals surface area contributed by atoms with Gasteiger partial charge in [-0.2, -0.15) is 0 Å². The second-order valence-corrected chi connectivity index (χ2v) is 7.41. The number of amides is 1. The summed E-state index contributed by atoms with van der Waals surface area (Å²) in [6.45, 7) is 3.89. The van der Waals surface area contributed by atoms with Crippen LogP contribution in [0.25, 0.3) is 0 Å². The molecule has 0 aromatic heterocycles. The molecular weight excluding hydrogens is 332 g/mol. The molecule has 0 aliphatic heterocycles. The lowest BCUT2D eigenvalue weighted by atomic mass is 10.2. The maximum absolute atomic E-state index is 12.2. The minimum atomic E-state index is -3.59. The van der Waals surface area contributed by atoms with Crippen LogP contribution < -0.4 is 19.1 Å². The molecule has 0 fully saturated rings. The predicted molar refractivity (Wildman–Crippen MR) is 94.2 cm³/mol. The monoisotopic (exact) mass is 358 g/mol. The molecule has 1 aromatic carbocycles. The molecular formula is C16H26N2O5S. The van der Waals surface area contributed by atoms with Crippen molar-refractivity contribution >= 4 is 21.6 Å². The normalized spacial score (nSPS) is 12.4. The van der Waals surface area contributed by atoms with Crippen molar-refractivity contribution in [3.63, 3.8) is 0 Å². The van der Waals surface area contributed by atoms with Crippen LogP contribution >= 0.6 is 0 Å². The van der Waals surface area contributed by atoms with Crippen molar-refractivity contribution in [1.29, 1.82) is 0 Å². The lowest BCUT2D eigenvalue weighted by molar-refractivity contribution is -0.121. The van der Waals surface area contributed by atoms with Gasteiger partial charge in [0, 0.05) is 25.1 Å². The van der Waals surface area contributed by atoms with Gasteiger partial charge in [0.2, 0.25) is 15.9 Å². The third-order valence-electron chi connectivity index (χ3n) is 3.62. The molecule has 7 nitrogen and oxygen atoms in total. The number of ether oxygens (including phenoxy) is 2. The van der Waals surface area contributed by atoms with E-state index in [0.29, 0.717) is 17.2 Å². The number of hydrogen-bond donors (Lipinski definition) is 1. The Hall–Kier alpha value is -1.96. The molecule has 1 aromatic rings. The van der Waals surface area contributed by atoms with Crippen LogP contribution in [0.2, 0.25) is 0 Å². The molecule has 8 heteroatoms. The first-order valence-corrected chi connectivity index (χ1v) is 9.56. The van der Waals surface area contributed by atoms with Crippen LogP contribution in [0.5, 0.6) is 11.5 Å². The molecule has 24 heavy (non-hydrogen) atoms. The van der Waals surface area contributed by atoms with Crippen molar-refractivity contribution in [2.75, 3.05) is 31.3 Å². The average molecular weight is 358 g/mol. The van der Waals surface area contributed by atoms with Gasteiger partial charge >= 0.3 is 0 Å². The highest BCUT2D eigenvalue weighted by Crippen LogP contribution is 2.33. The molecule has 1 N–H and O–H groups in total. The Bertz CT molecular complexity index is 660. The molecule has 0 spiro atoms. The average Bonchev–Trinajstić information content (AvgIpc) is 2.53. The summed E-state index contributed by atoms with van der Waals surface area (Å²) in [5.74, 6) is 0.701. The largest absolute Gasteiger partial charge is 0.497 e. The minimum absolute atomic E-state index is 0.0185. The molecule has 0 saturated carbocycles. The van der Waals surface area contributed by atoms with Gasteiger partial charge in [-0.1, -0.05) is 6.92 Å². The number of nitrogens with zero attached hydrogens (tertiary/aromatic N) is 1. The quantitative estimate of drug-likeness (QED) is 0.727. The second kappa shape index (κ2) is 8.77. The van der Waals surface area contributed by atoms with E-state index < -0.39 is 10.0 Å². The van der Waals surface area contributed by atoms with Crippen molar-refractivity contribution in [3.05, 3.63) is 18.2 Å². The minimum Gasteiger partial charge on any atom is -0.497 e. The molecule has 1 atom stereocenters. The van der Waals surface area contributed by atoms with Crippen molar-refractivity contribution < 1.29 is 22.7 Å². The van der Waals surface area contributed by atoms with Gasteiger partial charge < -0.3 is 14.8 Å². The smallest absolute Gasteiger partial charge is 0.232 e. The number of anilines is 1. The lowest BCUT2D eigenvalue weighted by Crippen LogP contribution is -2.37. The van der Waals surface area contributed by atoms with Gasteiger partial charge in [0.15, 0.2) is 0 Å². The number of rotatable bonds is 9. The summed E-state index contributed by atoms with van der Waals surface area (Å²) in [6, 6.07) is 4.94. The van der Waals surface area contributed by atoms with E-state index in [4.69, 9.17) is 9.47 Å². The number of benzene rings is 1. The fourth-order valence-electron chi connectivity index (χ4n) is 2.11. The first-order chi connectivity index (χ1) is 11.2. The molecule has 1 rings (SSSR count). The Balaban J connectivity index is 3.05. The predicted octanol–water partition coefficient (Wildman–Crippen LogP) is 1.77. The third-order valence-corrected chi connectivity index (χ3v) is 4.80. The maximum Gasteiger partial charge on any atom is 0.232 e. The highest BCUT2D eigenvalue weighted by molar-refractivity contribution is 7.92. The summed E-state index contributed by atoms with van der Waals surface area (Å²) < 4.78 is 35.9. The zero-order valence-electron chi connectivity index (χ0n) is 14.8. The first kappa shape index (κ1) is 20.1. The molecule has 0 radical (unpaired) electrons. The summed E-state index contributed by atoms with van der Waals surface area (Å²) in [6.07, 6.45) is 1.96. The Labute approximate surface area is 144 Å². The molecule has 0 bridgehead atoms. The van der Waals surface area contributed by atoms with Gasteiger partial charge in [0.25, 0.3) is 0 Å². The van der Waals surface area contributed by atoms with E-state index in [1.807, 2.05) is 13.8 Å². The summed E-state index contributed by atoms with van der Waals surface area (Å²) in [5, 5.41) is 2.82. The molecule has 0 aliphatic carbocycles. The van der Waals surface area contributed by atoms with Crippen LogP contribution in [-0.2, 0) is 14.8 Å². The van der Waals surface area contributed by atoms with Gasteiger partial charge in [-0.25, -0.2) is 8.42 Å². The van der Waals surface area contributed by atoms with Gasteiger partial charge in [-0.3, -0.25) is 9.10 Å². The fourth-order valence-corrected chi connectivity index (χ4v) is 3.03. The van der Waals surface area contributed by atoms with Crippen molar-refractivity contribution in [3.8, 4) is 11.5 Å². The summed E-state index contributed by atoms with van der Waals surface area (Å²) in [5.41, 5.74) is 0.343. The van der Waals surface area contributed by atoms with Crippen LogP contribution in [-0.4, -0.2) is 47.4 Å². The number of methoxy groups -OCH3 is 2. The Kier molecular flexibility index (Phi) is 7.34. The molecule has 0 saturated heterocycles. The van der Waals surface area contributed by atoms with E-state index in [-0.39, 0.29) is 24.9 Å². The topological polar surface area (TPSA) is 84.9 Å². The molecule has 136 valence electrons. The van der Waals surface area contributed by atoms with Crippen LogP contribution in [0.4, 0.5) is 5.69 Å². The second-order valence-electron chi connectivity index (χ2n) is 5.50. The summed E-state index contributed by atoms with van der Waals surface area (Å²) in [4.78, 5) is 12.0. The highest BCUT2D eigenvalue weighted by atomic mass is 32.2. The van der Waals surface area contributed by atoms with E-state index in [1.165, 1.54) is 14.2 Å². The van der Waals surface area contributed by atoms with Crippen LogP contribution in [0.3, 0.4) is 0 Å². The molecule has 0 aliphatic rings. The Morgan fingerprint density at radius 3 is 2.46 bits per heavy atom. The third kappa shape index (κ3) is 5.59. The summed E-state index contributed by atoms with van der Waals surface area (Å²) in [7, 11) is -0.632. The Morgan fingerprint density at radius 1 is 1.29 bits per heavy atom. The van der Waals surface area contributed by atoms with Crippen molar-refractivity contribution in [2.24, 2.45) is 0 Å². The van der Waals surface area contributed by atoms with Gasteiger partial charge in [-0.05, 0) is 25.5 Å². The van der Waals surface area contributed by atoms with E-state index >= 15 is 0 Å². The van der Waals surface area contributed by atoms with Crippen molar-refractivity contribution in [1.82, 2.24) is 5.32 Å². The lowest BCUT2D eigenvalue weighted by Gasteiger charge is -2.24. The zero-order chi connectivity index (χ0) is 18.3. The maximum atomic E-state index is 12.2. The van der Waals surface area contributed by atoms with E-state index in [9.17, 15) is 13.2 Å². The fraction of sp³-hybridized carbons (Fsp3) is 0.562. The SMILES string of the molecule is CCC(C)NC(=O)CCN(c1cc(OC)ccc1OC)S(C)(=O)=O. The van der Waals surface area contributed by atoms with E-state index in [1.54, 1.807) is 18.2 Å². The molecule has 1 amide bonds. The van der Waals surface area contributed by atoms with Crippen molar-refractivity contribution in [2.45, 2.75) is 32.7 Å². The van der Waals surface area contributed by atoms with Crippen LogP contribution in [0, 0.1) is 0 Å². The van der Waals surface area contributed by atoms with Gasteiger partial charge in [-0.15, -0.1) is 0 Å². The van der Waals surface area contributed by atoms with Crippen LogP contribution in [0.15, 0.2) is 18.2 Å². The number of carbonyl (C=O) groups is 1. The Morgan fingerprint density at radius 2 is 1.96 bits per heavy atom. The zero-order valence-corrected chi connectivity index (χ0v) is 15.6. The van der Waals surface area contributed by atoms with Gasteiger partial charge in [0.05, 0.1) is 26.2 Å². The molecule has 1 unspecified atom stereocenters. The number of hydrogen-bond acceptors (Lipinski definition) is 5. The van der Waals surface area contributed by atoms with Crippen LogP contribution in [0.1, 0.15) is 26.7 Å².